The van der Waals surface area contributed by atoms with E-state index in [1.54, 1.807) is 17.4 Å². The van der Waals surface area contributed by atoms with Crippen LogP contribution in [0.1, 0.15) is 14.5 Å². The van der Waals surface area contributed by atoms with Gasteiger partial charge >= 0.3 is 0 Å². The van der Waals surface area contributed by atoms with Gasteiger partial charge in [-0.05, 0) is 23.9 Å². The molecule has 0 aliphatic carbocycles. The lowest BCUT2D eigenvalue weighted by atomic mass is 10.1. The number of thiophene rings is 1. The van der Waals surface area contributed by atoms with E-state index < -0.39 is 0 Å². The number of rotatable bonds is 2. The summed E-state index contributed by atoms with van der Waals surface area (Å²) in [4.78, 5) is 18.9. The van der Waals surface area contributed by atoms with Gasteiger partial charge in [-0.25, -0.2) is 0 Å². The molecule has 3 nitrogen and oxygen atoms in total. The number of benzene rings is 1. The van der Waals surface area contributed by atoms with Crippen LogP contribution in [0.25, 0.3) is 11.3 Å². The second-order valence-corrected chi connectivity index (χ2v) is 6.74. The zero-order valence-corrected chi connectivity index (χ0v) is 13.4. The van der Waals surface area contributed by atoms with Gasteiger partial charge in [0.25, 0.3) is 5.91 Å². The maximum atomic E-state index is 12.1. The first-order chi connectivity index (χ1) is 10.2. The van der Waals surface area contributed by atoms with E-state index in [4.69, 9.17) is 0 Å². The third-order valence-corrected chi connectivity index (χ3v) is 5.08. The third kappa shape index (κ3) is 2.75. The number of amides is 1. The molecule has 5 heteroatoms. The van der Waals surface area contributed by atoms with Crippen molar-refractivity contribution in [2.24, 2.45) is 12.0 Å². The molecule has 0 fully saturated rings. The monoisotopic (exact) mass is 314 g/mol. The molecule has 0 saturated heterocycles. The fourth-order valence-electron chi connectivity index (χ4n) is 2.22. The summed E-state index contributed by atoms with van der Waals surface area (Å²) in [6, 6.07) is 13.8. The summed E-state index contributed by atoms with van der Waals surface area (Å²) in [5.74, 6) is -0.179. The topological polar surface area (TPSA) is 34.4 Å². The van der Waals surface area contributed by atoms with E-state index in [0.717, 1.165) is 20.9 Å². The Bertz CT molecular complexity index is 827. The quantitative estimate of drug-likeness (QED) is 0.707. The molecule has 0 atom stereocenters. The molecule has 1 amide bonds. The van der Waals surface area contributed by atoms with Crippen molar-refractivity contribution in [1.29, 1.82) is 0 Å². The Morgan fingerprint density at radius 2 is 1.90 bits per heavy atom. The van der Waals surface area contributed by atoms with Crippen LogP contribution in [0.15, 0.2) is 52.8 Å². The van der Waals surface area contributed by atoms with E-state index in [-0.39, 0.29) is 5.91 Å². The molecule has 0 saturated carbocycles. The number of thiazole rings is 1. The maximum absolute atomic E-state index is 12.1. The van der Waals surface area contributed by atoms with E-state index >= 15 is 0 Å². The fourth-order valence-corrected chi connectivity index (χ4v) is 3.81. The molecular formula is C16H14N2OS2. The van der Waals surface area contributed by atoms with Gasteiger partial charge in [0, 0.05) is 11.9 Å². The first-order valence-electron chi connectivity index (χ1n) is 6.51. The van der Waals surface area contributed by atoms with Crippen LogP contribution in [0.3, 0.4) is 0 Å². The highest BCUT2D eigenvalue weighted by atomic mass is 32.1. The van der Waals surface area contributed by atoms with Gasteiger partial charge in [-0.3, -0.25) is 4.79 Å². The largest absolute Gasteiger partial charge is 0.319 e. The van der Waals surface area contributed by atoms with Crippen LogP contribution in [-0.2, 0) is 7.05 Å². The van der Waals surface area contributed by atoms with Crippen LogP contribution < -0.4 is 4.80 Å². The molecule has 106 valence electrons. The van der Waals surface area contributed by atoms with E-state index in [2.05, 4.69) is 24.0 Å². The summed E-state index contributed by atoms with van der Waals surface area (Å²) < 4.78 is 1.99. The lowest BCUT2D eigenvalue weighted by molar-refractivity contribution is 0.100. The molecule has 21 heavy (non-hydrogen) atoms. The molecular weight excluding hydrogens is 300 g/mol. The molecule has 0 spiro atoms. The normalized spacial score (nSPS) is 11.8. The van der Waals surface area contributed by atoms with Gasteiger partial charge in [-0.2, -0.15) is 4.99 Å². The van der Waals surface area contributed by atoms with Crippen molar-refractivity contribution in [3.05, 3.63) is 62.4 Å². The predicted molar refractivity (Wildman–Crippen MR) is 87.7 cm³/mol. The third-order valence-electron chi connectivity index (χ3n) is 3.18. The van der Waals surface area contributed by atoms with Crippen molar-refractivity contribution in [3.63, 3.8) is 0 Å². The van der Waals surface area contributed by atoms with E-state index in [9.17, 15) is 4.79 Å². The number of carbonyl (C=O) groups excluding carboxylic acids is 1. The zero-order chi connectivity index (χ0) is 14.8. The summed E-state index contributed by atoms with van der Waals surface area (Å²) in [6.07, 6.45) is 0. The minimum absolute atomic E-state index is 0.179. The van der Waals surface area contributed by atoms with Crippen LogP contribution >= 0.6 is 22.7 Å². The molecule has 0 unspecified atom stereocenters. The van der Waals surface area contributed by atoms with Crippen LogP contribution in [0.5, 0.6) is 0 Å². The molecule has 2 aromatic heterocycles. The average molecular weight is 314 g/mol. The molecule has 0 aliphatic rings. The van der Waals surface area contributed by atoms with Crippen molar-refractivity contribution in [2.45, 2.75) is 6.92 Å². The van der Waals surface area contributed by atoms with E-state index in [1.807, 2.05) is 41.3 Å². The standard InChI is InChI=1S/C16H14N2OS2/c1-11-14(12-7-4-3-5-8-12)18(2)16(21-11)17-15(19)13-9-6-10-20-13/h3-10H,1-2H3. The van der Waals surface area contributed by atoms with Crippen molar-refractivity contribution in [1.82, 2.24) is 4.57 Å². The fraction of sp³-hybridized carbons (Fsp3) is 0.125. The van der Waals surface area contributed by atoms with Crippen molar-refractivity contribution in [3.8, 4) is 11.3 Å². The Morgan fingerprint density at radius 3 is 2.57 bits per heavy atom. The lowest BCUT2D eigenvalue weighted by Gasteiger charge is -2.03. The van der Waals surface area contributed by atoms with Crippen molar-refractivity contribution < 1.29 is 4.79 Å². The molecule has 1 aromatic carbocycles. The Balaban J connectivity index is 2.08. The van der Waals surface area contributed by atoms with Crippen LogP contribution in [0.4, 0.5) is 0 Å². The number of hydrogen-bond acceptors (Lipinski definition) is 3. The molecule has 0 bridgehead atoms. The summed E-state index contributed by atoms with van der Waals surface area (Å²) >= 11 is 2.96. The van der Waals surface area contributed by atoms with Gasteiger partial charge in [-0.1, -0.05) is 36.4 Å². The Morgan fingerprint density at radius 1 is 1.14 bits per heavy atom. The number of hydrogen-bond donors (Lipinski definition) is 0. The van der Waals surface area contributed by atoms with E-state index in [1.165, 1.54) is 11.3 Å². The van der Waals surface area contributed by atoms with Crippen molar-refractivity contribution in [2.75, 3.05) is 0 Å². The number of carbonyl (C=O) groups is 1. The van der Waals surface area contributed by atoms with Gasteiger partial charge in [0.1, 0.15) is 0 Å². The highest BCUT2D eigenvalue weighted by Crippen LogP contribution is 2.24. The maximum Gasteiger partial charge on any atom is 0.289 e. The minimum atomic E-state index is -0.179. The van der Waals surface area contributed by atoms with Crippen LogP contribution in [-0.4, -0.2) is 10.5 Å². The smallest absolute Gasteiger partial charge is 0.289 e. The van der Waals surface area contributed by atoms with Crippen LogP contribution in [0.2, 0.25) is 0 Å². The number of aryl methyl sites for hydroxylation is 1. The molecule has 2 heterocycles. The first-order valence-corrected chi connectivity index (χ1v) is 8.21. The predicted octanol–water partition coefficient (Wildman–Crippen LogP) is 3.86. The van der Waals surface area contributed by atoms with Crippen LogP contribution in [0, 0.1) is 6.92 Å². The molecule has 0 radical (unpaired) electrons. The zero-order valence-electron chi connectivity index (χ0n) is 11.7. The van der Waals surface area contributed by atoms with Crippen molar-refractivity contribution >= 4 is 28.6 Å². The molecule has 3 rings (SSSR count). The lowest BCUT2D eigenvalue weighted by Crippen LogP contribution is -2.14. The molecule has 3 aromatic rings. The van der Waals surface area contributed by atoms with Gasteiger partial charge in [-0.15, -0.1) is 22.7 Å². The summed E-state index contributed by atoms with van der Waals surface area (Å²) in [6.45, 7) is 2.06. The SMILES string of the molecule is Cc1sc(=NC(=O)c2cccs2)n(C)c1-c1ccccc1. The highest BCUT2D eigenvalue weighted by molar-refractivity contribution is 7.12. The molecule has 0 aliphatic heterocycles. The Hall–Kier alpha value is -1.98. The Kier molecular flexibility index (Phi) is 3.86. The summed E-state index contributed by atoms with van der Waals surface area (Å²) in [7, 11) is 1.95. The Labute approximate surface area is 130 Å². The molecule has 0 N–H and O–H groups in total. The first kappa shape index (κ1) is 14.0. The van der Waals surface area contributed by atoms with Gasteiger partial charge in [0.2, 0.25) is 0 Å². The average Bonchev–Trinajstić information content (AvgIpc) is 3.09. The summed E-state index contributed by atoms with van der Waals surface area (Å²) in [5, 5.41) is 1.89. The van der Waals surface area contributed by atoms with Gasteiger partial charge in [0.05, 0.1) is 10.6 Å². The minimum Gasteiger partial charge on any atom is -0.319 e. The van der Waals surface area contributed by atoms with Gasteiger partial charge < -0.3 is 4.57 Å². The highest BCUT2D eigenvalue weighted by Gasteiger charge is 2.11. The number of nitrogens with zero attached hydrogens (tertiary/aromatic N) is 2. The number of aromatic nitrogens is 1. The summed E-state index contributed by atoms with van der Waals surface area (Å²) in [5.41, 5.74) is 2.25. The van der Waals surface area contributed by atoms with Gasteiger partial charge in [0.15, 0.2) is 4.80 Å². The second-order valence-electron chi connectivity index (χ2n) is 4.61. The van der Waals surface area contributed by atoms with E-state index in [0.29, 0.717) is 4.88 Å². The second kappa shape index (κ2) is 5.79.